The highest BCUT2D eigenvalue weighted by Crippen LogP contribution is 2.16. The SMILES string of the molecule is O=C1Oc2cc1n[nH]2. The van der Waals surface area contributed by atoms with Gasteiger partial charge in [0.1, 0.15) is 0 Å². The third-order valence-corrected chi connectivity index (χ3v) is 0.966. The number of nitrogens with one attached hydrogen (secondary N) is 1. The number of ether oxygens (including phenoxy) is 1. The molecule has 0 saturated carbocycles. The fourth-order valence-electron chi connectivity index (χ4n) is 0.613. The number of hydrogen-bond donors (Lipinski definition) is 1. The van der Waals surface area contributed by atoms with Crippen LogP contribution in [0.5, 0.6) is 5.88 Å². The van der Waals surface area contributed by atoms with Crippen LogP contribution in [0.25, 0.3) is 0 Å². The van der Waals surface area contributed by atoms with Crippen LogP contribution in [0.2, 0.25) is 0 Å². The number of hydrogen-bond acceptors (Lipinski definition) is 3. The highest BCUT2D eigenvalue weighted by molar-refractivity contribution is 5.92. The summed E-state index contributed by atoms with van der Waals surface area (Å²) < 4.78 is 4.54. The number of aromatic nitrogens is 2. The van der Waals surface area contributed by atoms with Crippen molar-refractivity contribution in [2.24, 2.45) is 0 Å². The Hall–Kier alpha value is -1.32. The van der Waals surface area contributed by atoms with Gasteiger partial charge >= 0.3 is 5.97 Å². The molecular formula is C4H2N2O2. The molecular weight excluding hydrogens is 108 g/mol. The molecule has 0 radical (unpaired) electrons. The molecule has 0 amide bonds. The number of fused-ring (bicyclic) bond motifs is 2. The van der Waals surface area contributed by atoms with Crippen LogP contribution in [0.1, 0.15) is 10.5 Å². The summed E-state index contributed by atoms with van der Waals surface area (Å²) in [6.07, 6.45) is 0. The van der Waals surface area contributed by atoms with Crippen LogP contribution in [0, 0.1) is 0 Å². The Kier molecular flexibility index (Phi) is 0.417. The van der Waals surface area contributed by atoms with Crippen LogP contribution in [-0.4, -0.2) is 16.2 Å². The van der Waals surface area contributed by atoms with Crippen molar-refractivity contribution in [1.82, 2.24) is 10.2 Å². The van der Waals surface area contributed by atoms with Gasteiger partial charge < -0.3 is 4.74 Å². The van der Waals surface area contributed by atoms with Gasteiger partial charge in [0.25, 0.3) is 0 Å². The van der Waals surface area contributed by atoms with E-state index in [1.807, 2.05) is 0 Å². The molecule has 0 unspecified atom stereocenters. The van der Waals surface area contributed by atoms with Gasteiger partial charge in [0.15, 0.2) is 5.69 Å². The molecule has 0 fully saturated rings. The van der Waals surface area contributed by atoms with E-state index >= 15 is 0 Å². The number of carbonyl (C=O) groups is 1. The van der Waals surface area contributed by atoms with E-state index in [-0.39, 0.29) is 5.97 Å². The summed E-state index contributed by atoms with van der Waals surface area (Å²) in [6, 6.07) is 1.56. The quantitative estimate of drug-likeness (QED) is 0.476. The van der Waals surface area contributed by atoms with Gasteiger partial charge in [0, 0.05) is 6.07 Å². The molecule has 0 aliphatic carbocycles. The molecule has 1 aliphatic heterocycles. The lowest BCUT2D eigenvalue weighted by Gasteiger charge is -1.92. The van der Waals surface area contributed by atoms with Crippen molar-refractivity contribution in [2.45, 2.75) is 0 Å². The van der Waals surface area contributed by atoms with Gasteiger partial charge in [0.05, 0.1) is 0 Å². The summed E-state index contributed by atoms with van der Waals surface area (Å²) in [7, 11) is 0. The fraction of sp³-hybridized carbons (Fsp3) is 0. The van der Waals surface area contributed by atoms with Crippen molar-refractivity contribution in [2.75, 3.05) is 0 Å². The molecule has 1 aromatic rings. The van der Waals surface area contributed by atoms with Gasteiger partial charge in [-0.3, -0.25) is 0 Å². The molecule has 8 heavy (non-hydrogen) atoms. The summed E-state index contributed by atoms with van der Waals surface area (Å²) in [6.45, 7) is 0. The second kappa shape index (κ2) is 0.912. The smallest absolute Gasteiger partial charge is 0.365 e. The van der Waals surface area contributed by atoms with Crippen molar-refractivity contribution < 1.29 is 9.53 Å². The third-order valence-electron chi connectivity index (χ3n) is 0.966. The fourth-order valence-corrected chi connectivity index (χ4v) is 0.613. The Balaban J connectivity index is 2.71. The number of H-pyrrole nitrogens is 1. The minimum absolute atomic E-state index is 0.361. The summed E-state index contributed by atoms with van der Waals surface area (Å²) in [5.74, 6) is 0.0729. The molecule has 4 nitrogen and oxygen atoms in total. The average molecular weight is 110 g/mol. The highest BCUT2D eigenvalue weighted by Gasteiger charge is 2.21. The molecule has 1 aliphatic rings. The number of nitrogens with zero attached hydrogens (tertiary/aromatic N) is 1. The molecule has 0 spiro atoms. The van der Waals surface area contributed by atoms with Gasteiger partial charge in [-0.25, -0.2) is 9.89 Å². The Bertz CT molecular complexity index is 240. The van der Waals surface area contributed by atoms with E-state index in [1.54, 1.807) is 6.07 Å². The zero-order valence-corrected chi connectivity index (χ0v) is 3.84. The second-order valence-corrected chi connectivity index (χ2v) is 1.51. The normalized spacial score (nSPS) is 14.2. The first-order chi connectivity index (χ1) is 3.86. The lowest BCUT2D eigenvalue weighted by atomic mass is 10.5. The minimum Gasteiger partial charge on any atom is -0.403 e. The summed E-state index contributed by atoms with van der Waals surface area (Å²) in [5.41, 5.74) is 0.361. The first-order valence-electron chi connectivity index (χ1n) is 2.14. The van der Waals surface area contributed by atoms with E-state index in [0.717, 1.165) is 0 Å². The van der Waals surface area contributed by atoms with Crippen molar-refractivity contribution >= 4 is 5.97 Å². The number of aromatic amines is 1. The predicted octanol–water partition coefficient (Wildman–Crippen LogP) is -0.0577. The molecule has 4 heteroatoms. The molecule has 2 heterocycles. The van der Waals surface area contributed by atoms with Crippen molar-refractivity contribution in [3.8, 4) is 5.88 Å². The second-order valence-electron chi connectivity index (χ2n) is 1.51. The topological polar surface area (TPSA) is 55.0 Å². The zero-order chi connectivity index (χ0) is 5.56. The monoisotopic (exact) mass is 110 g/mol. The van der Waals surface area contributed by atoms with Crippen molar-refractivity contribution in [1.29, 1.82) is 0 Å². The van der Waals surface area contributed by atoms with Gasteiger partial charge in [-0.1, -0.05) is 0 Å². The molecule has 2 rings (SSSR count). The van der Waals surface area contributed by atoms with Gasteiger partial charge in [-0.2, -0.15) is 5.10 Å². The summed E-state index contributed by atoms with van der Waals surface area (Å²) in [4.78, 5) is 10.4. The molecule has 2 bridgehead atoms. The lowest BCUT2D eigenvalue weighted by Crippen LogP contribution is -2.07. The molecule has 1 aromatic heterocycles. The Labute approximate surface area is 44.5 Å². The van der Waals surface area contributed by atoms with E-state index in [1.165, 1.54) is 0 Å². The zero-order valence-electron chi connectivity index (χ0n) is 3.84. The lowest BCUT2D eigenvalue weighted by molar-refractivity contribution is 0.0728. The average Bonchev–Trinajstić information content (AvgIpc) is 2.23. The Morgan fingerprint density at radius 3 is 2.88 bits per heavy atom. The van der Waals surface area contributed by atoms with E-state index in [4.69, 9.17) is 0 Å². The van der Waals surface area contributed by atoms with Crippen molar-refractivity contribution in [3.63, 3.8) is 0 Å². The maximum atomic E-state index is 10.4. The van der Waals surface area contributed by atoms with Crippen LogP contribution >= 0.6 is 0 Å². The van der Waals surface area contributed by atoms with E-state index in [2.05, 4.69) is 14.9 Å². The van der Waals surface area contributed by atoms with Gasteiger partial charge in [0.2, 0.25) is 5.88 Å². The molecule has 40 valence electrons. The standard InChI is InChI=1S/C4H2N2O2/c7-4-2-1-3(8-4)6-5-2/h1H,(H,5,6). The van der Waals surface area contributed by atoms with Crippen LogP contribution in [0.3, 0.4) is 0 Å². The first-order valence-corrected chi connectivity index (χ1v) is 2.14. The Morgan fingerprint density at radius 2 is 2.62 bits per heavy atom. The molecule has 0 aromatic carbocycles. The molecule has 0 saturated heterocycles. The van der Waals surface area contributed by atoms with Crippen molar-refractivity contribution in [3.05, 3.63) is 11.8 Å². The van der Waals surface area contributed by atoms with Crippen LogP contribution in [0.15, 0.2) is 6.07 Å². The maximum Gasteiger partial charge on any atom is 0.365 e. The summed E-state index contributed by atoms with van der Waals surface area (Å²) >= 11 is 0. The minimum atomic E-state index is -0.362. The third kappa shape index (κ3) is 0.258. The van der Waals surface area contributed by atoms with E-state index in [9.17, 15) is 4.79 Å². The van der Waals surface area contributed by atoms with Gasteiger partial charge in [-0.05, 0) is 0 Å². The first kappa shape index (κ1) is 3.65. The predicted molar refractivity (Wildman–Crippen MR) is 23.5 cm³/mol. The number of esters is 1. The van der Waals surface area contributed by atoms with E-state index in [0.29, 0.717) is 11.6 Å². The highest BCUT2D eigenvalue weighted by atomic mass is 16.5. The van der Waals surface area contributed by atoms with Gasteiger partial charge in [-0.15, -0.1) is 0 Å². The number of carbonyl (C=O) groups excluding carboxylic acids is 1. The van der Waals surface area contributed by atoms with Crippen LogP contribution in [-0.2, 0) is 0 Å². The molecule has 1 N–H and O–H groups in total. The van der Waals surface area contributed by atoms with E-state index < -0.39 is 0 Å². The Morgan fingerprint density at radius 1 is 1.75 bits per heavy atom. The number of rotatable bonds is 0. The van der Waals surface area contributed by atoms with Crippen LogP contribution in [0.4, 0.5) is 0 Å². The summed E-state index contributed by atoms with van der Waals surface area (Å²) in [5, 5.41) is 6.08. The maximum absolute atomic E-state index is 10.4. The largest absolute Gasteiger partial charge is 0.403 e. The van der Waals surface area contributed by atoms with Crippen LogP contribution < -0.4 is 4.74 Å². The molecule has 0 atom stereocenters.